The van der Waals surface area contributed by atoms with Crippen LogP contribution in [0.5, 0.6) is 0 Å². The van der Waals surface area contributed by atoms with Crippen molar-refractivity contribution in [2.24, 2.45) is 0 Å². The zero-order valence-electron chi connectivity index (χ0n) is 8.98. The molecule has 0 aliphatic heterocycles. The average Bonchev–Trinajstić information content (AvgIpc) is 2.80. The number of nitrogens with zero attached hydrogens (tertiary/aromatic N) is 1. The maximum absolute atomic E-state index is 13.5. The molecule has 0 bridgehead atoms. The molecule has 0 atom stereocenters. The Morgan fingerprint density at radius 2 is 2.06 bits per heavy atom. The van der Waals surface area contributed by atoms with Crippen molar-refractivity contribution in [3.8, 4) is 0 Å². The molecule has 0 aliphatic rings. The first kappa shape index (κ1) is 12.0. The van der Waals surface area contributed by atoms with Crippen LogP contribution in [0, 0.1) is 11.6 Å². The number of rotatable bonds is 4. The predicted molar refractivity (Wildman–Crippen MR) is 57.1 cm³/mol. The van der Waals surface area contributed by atoms with Crippen molar-refractivity contribution in [1.82, 2.24) is 5.16 Å². The Morgan fingerprint density at radius 3 is 2.56 bits per heavy atom. The standard InChI is InChI=1S/C11H8F2N2O3/c12-8-3-6(11(16)17)4-9(13)10(8)14-5-7-1-2-18-15-7/h1-4,14H,5H2,(H,16,17). The highest BCUT2D eigenvalue weighted by atomic mass is 19.1. The van der Waals surface area contributed by atoms with Crippen LogP contribution >= 0.6 is 0 Å². The fourth-order valence-corrected chi connectivity index (χ4v) is 1.37. The number of carboxylic acid groups (broad SMARTS) is 1. The van der Waals surface area contributed by atoms with Gasteiger partial charge in [-0.15, -0.1) is 0 Å². The molecular weight excluding hydrogens is 246 g/mol. The molecule has 0 aliphatic carbocycles. The highest BCUT2D eigenvalue weighted by Crippen LogP contribution is 2.21. The Labute approximate surface area is 100 Å². The van der Waals surface area contributed by atoms with E-state index in [0.29, 0.717) is 5.69 Å². The molecule has 0 amide bonds. The van der Waals surface area contributed by atoms with E-state index < -0.39 is 28.9 Å². The molecule has 2 aromatic rings. The molecule has 94 valence electrons. The summed E-state index contributed by atoms with van der Waals surface area (Å²) in [6.45, 7) is 0.0662. The van der Waals surface area contributed by atoms with Crippen molar-refractivity contribution in [2.75, 3.05) is 5.32 Å². The van der Waals surface area contributed by atoms with Gasteiger partial charge in [0, 0.05) is 6.07 Å². The topological polar surface area (TPSA) is 75.4 Å². The van der Waals surface area contributed by atoms with Gasteiger partial charge in [-0.2, -0.15) is 0 Å². The summed E-state index contributed by atoms with van der Waals surface area (Å²) in [5, 5.41) is 14.7. The van der Waals surface area contributed by atoms with E-state index in [1.54, 1.807) is 0 Å². The Kier molecular flexibility index (Phi) is 3.22. The zero-order valence-corrected chi connectivity index (χ0v) is 8.98. The summed E-state index contributed by atoms with van der Waals surface area (Å²) in [4.78, 5) is 10.6. The second kappa shape index (κ2) is 4.82. The van der Waals surface area contributed by atoms with Gasteiger partial charge in [-0.1, -0.05) is 5.16 Å². The Hall–Kier alpha value is -2.44. The third-order valence-electron chi connectivity index (χ3n) is 2.23. The number of nitrogens with one attached hydrogen (secondary N) is 1. The van der Waals surface area contributed by atoms with Crippen LogP contribution in [0.4, 0.5) is 14.5 Å². The van der Waals surface area contributed by atoms with Crippen molar-refractivity contribution < 1.29 is 23.2 Å². The number of hydrogen-bond acceptors (Lipinski definition) is 4. The molecule has 0 saturated carbocycles. The molecule has 0 radical (unpaired) electrons. The molecule has 0 fully saturated rings. The minimum atomic E-state index is -1.39. The largest absolute Gasteiger partial charge is 0.478 e. The molecule has 7 heteroatoms. The number of anilines is 1. The predicted octanol–water partition coefficient (Wildman–Crippen LogP) is 2.26. The van der Waals surface area contributed by atoms with Crippen LogP contribution < -0.4 is 5.32 Å². The van der Waals surface area contributed by atoms with Gasteiger partial charge in [0.15, 0.2) is 0 Å². The molecule has 0 unspecified atom stereocenters. The quantitative estimate of drug-likeness (QED) is 0.875. The van der Waals surface area contributed by atoms with Crippen molar-refractivity contribution in [2.45, 2.75) is 6.54 Å². The van der Waals surface area contributed by atoms with E-state index in [0.717, 1.165) is 12.1 Å². The van der Waals surface area contributed by atoms with E-state index in [4.69, 9.17) is 5.11 Å². The summed E-state index contributed by atoms with van der Waals surface area (Å²) in [6, 6.07) is 3.03. The van der Waals surface area contributed by atoms with E-state index in [9.17, 15) is 13.6 Å². The van der Waals surface area contributed by atoms with Crippen molar-refractivity contribution in [3.63, 3.8) is 0 Å². The van der Waals surface area contributed by atoms with Crippen LogP contribution in [-0.2, 0) is 6.54 Å². The molecule has 1 heterocycles. The number of aromatic nitrogens is 1. The molecule has 2 N–H and O–H groups in total. The first-order chi connectivity index (χ1) is 8.58. The van der Waals surface area contributed by atoms with Gasteiger partial charge in [0.25, 0.3) is 0 Å². The molecule has 2 rings (SSSR count). The lowest BCUT2D eigenvalue weighted by molar-refractivity contribution is 0.0696. The van der Waals surface area contributed by atoms with Crippen molar-refractivity contribution in [3.05, 3.63) is 47.4 Å². The monoisotopic (exact) mass is 254 g/mol. The second-order valence-electron chi connectivity index (χ2n) is 3.46. The Bertz CT molecular complexity index is 547. The van der Waals surface area contributed by atoms with Gasteiger partial charge < -0.3 is 14.9 Å². The summed E-state index contributed by atoms with van der Waals surface area (Å²) in [5.74, 6) is -3.34. The lowest BCUT2D eigenvalue weighted by atomic mass is 10.2. The number of carbonyl (C=O) groups is 1. The molecule has 18 heavy (non-hydrogen) atoms. The van der Waals surface area contributed by atoms with Crippen LogP contribution in [0.3, 0.4) is 0 Å². The Balaban J connectivity index is 2.20. The third kappa shape index (κ3) is 2.45. The van der Waals surface area contributed by atoms with Gasteiger partial charge in [-0.25, -0.2) is 13.6 Å². The summed E-state index contributed by atoms with van der Waals surface area (Å²) in [7, 11) is 0. The van der Waals surface area contributed by atoms with Crippen LogP contribution in [-0.4, -0.2) is 16.2 Å². The Morgan fingerprint density at radius 1 is 1.39 bits per heavy atom. The maximum Gasteiger partial charge on any atom is 0.335 e. The molecular formula is C11H8F2N2O3. The lowest BCUT2D eigenvalue weighted by Gasteiger charge is -2.08. The third-order valence-corrected chi connectivity index (χ3v) is 2.23. The van der Waals surface area contributed by atoms with Gasteiger partial charge >= 0.3 is 5.97 Å². The van der Waals surface area contributed by atoms with Crippen molar-refractivity contribution >= 4 is 11.7 Å². The minimum absolute atomic E-state index is 0.0662. The number of benzene rings is 1. The average molecular weight is 254 g/mol. The molecule has 1 aromatic carbocycles. The number of carboxylic acids is 1. The van der Waals surface area contributed by atoms with Gasteiger partial charge in [0.05, 0.1) is 12.1 Å². The zero-order chi connectivity index (χ0) is 13.1. The number of halogens is 2. The molecule has 0 saturated heterocycles. The summed E-state index contributed by atoms with van der Waals surface area (Å²) in [6.07, 6.45) is 1.33. The van der Waals surface area contributed by atoms with Gasteiger partial charge in [0.2, 0.25) is 0 Å². The van der Waals surface area contributed by atoms with Gasteiger partial charge in [-0.3, -0.25) is 0 Å². The summed E-state index contributed by atoms with van der Waals surface area (Å²) < 4.78 is 31.5. The highest BCUT2D eigenvalue weighted by Gasteiger charge is 2.14. The van der Waals surface area contributed by atoms with Crippen molar-refractivity contribution in [1.29, 1.82) is 0 Å². The normalized spacial score (nSPS) is 10.3. The van der Waals surface area contributed by atoms with E-state index in [1.165, 1.54) is 12.3 Å². The van der Waals surface area contributed by atoms with Gasteiger partial charge in [0.1, 0.15) is 29.3 Å². The van der Waals surface area contributed by atoms with Crippen LogP contribution in [0.15, 0.2) is 29.0 Å². The van der Waals surface area contributed by atoms with Crippen LogP contribution in [0.2, 0.25) is 0 Å². The summed E-state index contributed by atoms with van der Waals surface area (Å²) >= 11 is 0. The smallest absolute Gasteiger partial charge is 0.335 e. The van der Waals surface area contributed by atoms with Gasteiger partial charge in [-0.05, 0) is 12.1 Å². The van der Waals surface area contributed by atoms with E-state index in [-0.39, 0.29) is 6.54 Å². The summed E-state index contributed by atoms with van der Waals surface area (Å²) in [5.41, 5.74) is -0.379. The second-order valence-corrected chi connectivity index (χ2v) is 3.46. The van der Waals surface area contributed by atoms with E-state index >= 15 is 0 Å². The van der Waals surface area contributed by atoms with Crippen LogP contribution in [0.1, 0.15) is 16.1 Å². The number of hydrogen-bond donors (Lipinski definition) is 2. The first-order valence-electron chi connectivity index (χ1n) is 4.93. The number of aromatic carboxylic acids is 1. The highest BCUT2D eigenvalue weighted by molar-refractivity contribution is 5.88. The fraction of sp³-hybridized carbons (Fsp3) is 0.0909. The minimum Gasteiger partial charge on any atom is -0.478 e. The molecule has 5 nitrogen and oxygen atoms in total. The van der Waals surface area contributed by atoms with E-state index in [1.807, 2.05) is 0 Å². The maximum atomic E-state index is 13.5. The molecule has 1 aromatic heterocycles. The van der Waals surface area contributed by atoms with E-state index in [2.05, 4.69) is 15.0 Å². The molecule has 0 spiro atoms. The van der Waals surface area contributed by atoms with Crippen LogP contribution in [0.25, 0.3) is 0 Å². The SMILES string of the molecule is O=C(O)c1cc(F)c(NCc2ccon2)c(F)c1. The fourth-order valence-electron chi connectivity index (χ4n) is 1.37. The lowest BCUT2D eigenvalue weighted by Crippen LogP contribution is -2.06. The first-order valence-corrected chi connectivity index (χ1v) is 4.93.